The highest BCUT2D eigenvalue weighted by Gasteiger charge is 2.15. The van der Waals surface area contributed by atoms with Gasteiger partial charge in [-0.2, -0.15) is 0 Å². The number of hydrogen-bond donors (Lipinski definition) is 3. The number of nitrogens with one attached hydrogen (secondary N) is 3. The van der Waals surface area contributed by atoms with Gasteiger partial charge in [0.2, 0.25) is 0 Å². The van der Waals surface area contributed by atoms with Crippen LogP contribution in [-0.4, -0.2) is 25.5 Å². The zero-order valence-corrected chi connectivity index (χ0v) is 16.7. The molecule has 0 atom stereocenters. The average molecular weight is 414 g/mol. The van der Waals surface area contributed by atoms with Gasteiger partial charge in [-0.25, -0.2) is 13.9 Å². The lowest BCUT2D eigenvalue weighted by atomic mass is 10.2. The molecule has 0 saturated heterocycles. The number of carbonyl (C=O) groups excluding carboxylic acids is 1. The predicted octanol–water partition coefficient (Wildman–Crippen LogP) is 4.52. The molecule has 154 valence electrons. The second-order valence-corrected chi connectivity index (χ2v) is 7.30. The van der Waals surface area contributed by atoms with Gasteiger partial charge in [0.25, 0.3) is 5.91 Å². The largest absolute Gasteiger partial charge is 0.364 e. The fourth-order valence-electron chi connectivity index (χ4n) is 3.44. The highest BCUT2D eigenvalue weighted by atomic mass is 19.1. The van der Waals surface area contributed by atoms with Crippen LogP contribution < -0.4 is 10.6 Å². The minimum Gasteiger partial charge on any atom is -0.364 e. The lowest BCUT2D eigenvalue weighted by Gasteiger charge is -2.10. The van der Waals surface area contributed by atoms with Gasteiger partial charge in [-0.1, -0.05) is 18.2 Å². The summed E-state index contributed by atoms with van der Waals surface area (Å²) in [6.07, 6.45) is 3.36. The fraction of sp³-hybridized carbons (Fsp3) is 0.0870. The Labute approximate surface area is 176 Å². The lowest BCUT2D eigenvalue weighted by molar-refractivity contribution is 0.102. The molecular weight excluding hydrogens is 395 g/mol. The van der Waals surface area contributed by atoms with E-state index in [0.717, 1.165) is 22.0 Å². The summed E-state index contributed by atoms with van der Waals surface area (Å²) in [5.41, 5.74) is 4.34. The minimum atomic E-state index is -0.306. The Balaban J connectivity index is 1.40. The van der Waals surface area contributed by atoms with E-state index in [2.05, 4.69) is 25.7 Å². The first kappa shape index (κ1) is 18.8. The van der Waals surface area contributed by atoms with E-state index in [1.54, 1.807) is 12.1 Å². The number of benzene rings is 2. The molecule has 0 spiro atoms. The van der Waals surface area contributed by atoms with Crippen LogP contribution in [0.15, 0.2) is 67.0 Å². The van der Waals surface area contributed by atoms with E-state index in [1.807, 2.05) is 43.5 Å². The Kier molecular flexibility index (Phi) is 4.59. The number of amides is 1. The lowest BCUT2D eigenvalue weighted by Crippen LogP contribution is -2.16. The standard InChI is InChI=1S/C23H19FN6O/c1-14-10-21-26-13-20(23(31)28-18-7-4-16-8-9-25-19(16)11-18)30(21)29-22(14)27-12-15-2-5-17(24)6-3-15/h2-11,13,25H,12H2,1H3,(H,27,29)(H,28,31). The Morgan fingerprint density at radius 3 is 2.81 bits per heavy atom. The number of rotatable bonds is 5. The van der Waals surface area contributed by atoms with Crippen molar-refractivity contribution in [1.82, 2.24) is 19.6 Å². The van der Waals surface area contributed by atoms with Gasteiger partial charge in [0.05, 0.1) is 6.20 Å². The van der Waals surface area contributed by atoms with Crippen LogP contribution in [0.1, 0.15) is 21.6 Å². The Morgan fingerprint density at radius 1 is 1.13 bits per heavy atom. The average Bonchev–Trinajstić information content (AvgIpc) is 3.39. The molecule has 0 aliphatic carbocycles. The minimum absolute atomic E-state index is 0.274. The Bertz CT molecular complexity index is 1400. The van der Waals surface area contributed by atoms with Crippen LogP contribution >= 0.6 is 0 Å². The molecular formula is C23H19FN6O. The predicted molar refractivity (Wildman–Crippen MR) is 118 cm³/mol. The maximum atomic E-state index is 13.1. The molecule has 0 unspecified atom stereocenters. The zero-order valence-electron chi connectivity index (χ0n) is 16.7. The smallest absolute Gasteiger partial charge is 0.276 e. The Morgan fingerprint density at radius 2 is 1.97 bits per heavy atom. The van der Waals surface area contributed by atoms with Crippen LogP contribution in [0.5, 0.6) is 0 Å². The number of aromatic amines is 1. The molecule has 3 heterocycles. The van der Waals surface area contributed by atoms with E-state index < -0.39 is 0 Å². The van der Waals surface area contributed by atoms with Gasteiger partial charge >= 0.3 is 0 Å². The van der Waals surface area contributed by atoms with Crippen molar-refractivity contribution in [3.05, 3.63) is 89.6 Å². The van der Waals surface area contributed by atoms with Crippen molar-refractivity contribution in [2.24, 2.45) is 0 Å². The molecule has 0 radical (unpaired) electrons. The molecule has 0 bridgehead atoms. The first-order valence-corrected chi connectivity index (χ1v) is 9.79. The zero-order chi connectivity index (χ0) is 21.4. The second-order valence-electron chi connectivity index (χ2n) is 7.30. The number of aryl methyl sites for hydroxylation is 1. The van der Waals surface area contributed by atoms with Crippen LogP contribution in [0, 0.1) is 12.7 Å². The first-order chi connectivity index (χ1) is 15.1. The van der Waals surface area contributed by atoms with Crippen molar-refractivity contribution < 1.29 is 9.18 Å². The van der Waals surface area contributed by atoms with Gasteiger partial charge in [-0.05, 0) is 59.8 Å². The molecule has 8 heteroatoms. The number of halogens is 1. The maximum Gasteiger partial charge on any atom is 0.276 e. The molecule has 1 amide bonds. The molecule has 5 aromatic rings. The van der Waals surface area contributed by atoms with Crippen molar-refractivity contribution in [1.29, 1.82) is 0 Å². The summed E-state index contributed by atoms with van der Waals surface area (Å²) in [5.74, 6) is 0.0416. The number of H-pyrrole nitrogens is 1. The molecule has 0 saturated carbocycles. The Hall–Kier alpha value is -4.20. The molecule has 0 aliphatic rings. The number of aromatic nitrogens is 4. The van der Waals surface area contributed by atoms with E-state index in [4.69, 9.17) is 0 Å². The molecule has 5 rings (SSSR count). The molecule has 3 aromatic heterocycles. The van der Waals surface area contributed by atoms with E-state index in [9.17, 15) is 9.18 Å². The van der Waals surface area contributed by atoms with Crippen LogP contribution in [0.4, 0.5) is 15.9 Å². The number of fused-ring (bicyclic) bond motifs is 2. The normalized spacial score (nSPS) is 11.2. The monoisotopic (exact) mass is 414 g/mol. The molecule has 31 heavy (non-hydrogen) atoms. The number of carbonyl (C=O) groups is 1. The third-order valence-corrected chi connectivity index (χ3v) is 5.10. The fourth-order valence-corrected chi connectivity index (χ4v) is 3.44. The van der Waals surface area contributed by atoms with Gasteiger partial charge in [-0.3, -0.25) is 4.79 Å². The summed E-state index contributed by atoms with van der Waals surface area (Å²) in [6.45, 7) is 2.39. The van der Waals surface area contributed by atoms with Crippen molar-refractivity contribution in [3.63, 3.8) is 0 Å². The van der Waals surface area contributed by atoms with Crippen LogP contribution in [0.2, 0.25) is 0 Å². The van der Waals surface area contributed by atoms with Crippen molar-refractivity contribution in [2.45, 2.75) is 13.5 Å². The quantitative estimate of drug-likeness (QED) is 0.395. The van der Waals surface area contributed by atoms with Crippen molar-refractivity contribution >= 4 is 34.0 Å². The number of imidazole rings is 1. The van der Waals surface area contributed by atoms with E-state index in [1.165, 1.54) is 22.8 Å². The SMILES string of the molecule is Cc1cc2ncc(C(=O)Nc3ccc4cc[nH]c4c3)n2nc1NCc1ccc(F)cc1. The maximum absolute atomic E-state index is 13.1. The van der Waals surface area contributed by atoms with Crippen molar-refractivity contribution in [2.75, 3.05) is 10.6 Å². The first-order valence-electron chi connectivity index (χ1n) is 9.79. The highest BCUT2D eigenvalue weighted by Crippen LogP contribution is 2.20. The molecule has 2 aromatic carbocycles. The summed E-state index contributed by atoms with van der Waals surface area (Å²) < 4.78 is 14.6. The van der Waals surface area contributed by atoms with Gasteiger partial charge in [0.1, 0.15) is 11.6 Å². The number of nitrogens with zero attached hydrogens (tertiary/aromatic N) is 3. The summed E-state index contributed by atoms with van der Waals surface area (Å²) in [6, 6.07) is 15.8. The summed E-state index contributed by atoms with van der Waals surface area (Å²) >= 11 is 0. The summed E-state index contributed by atoms with van der Waals surface area (Å²) in [7, 11) is 0. The van der Waals surface area contributed by atoms with E-state index in [0.29, 0.717) is 29.4 Å². The van der Waals surface area contributed by atoms with Crippen LogP contribution in [-0.2, 0) is 6.54 Å². The highest BCUT2D eigenvalue weighted by molar-refractivity contribution is 6.04. The third kappa shape index (κ3) is 3.71. The molecule has 3 N–H and O–H groups in total. The van der Waals surface area contributed by atoms with Gasteiger partial charge < -0.3 is 15.6 Å². The van der Waals surface area contributed by atoms with E-state index >= 15 is 0 Å². The van der Waals surface area contributed by atoms with Gasteiger partial charge in [0, 0.05) is 23.9 Å². The second kappa shape index (κ2) is 7.56. The number of hydrogen-bond acceptors (Lipinski definition) is 4. The molecule has 7 nitrogen and oxygen atoms in total. The van der Waals surface area contributed by atoms with Gasteiger partial charge in [-0.15, -0.1) is 5.10 Å². The van der Waals surface area contributed by atoms with Gasteiger partial charge in [0.15, 0.2) is 11.3 Å². The van der Waals surface area contributed by atoms with Crippen LogP contribution in [0.3, 0.4) is 0 Å². The topological polar surface area (TPSA) is 87.1 Å². The molecule has 0 aliphatic heterocycles. The summed E-state index contributed by atoms with van der Waals surface area (Å²) in [5, 5.41) is 11.8. The third-order valence-electron chi connectivity index (χ3n) is 5.10. The number of anilines is 2. The van der Waals surface area contributed by atoms with Crippen LogP contribution in [0.25, 0.3) is 16.6 Å². The van der Waals surface area contributed by atoms with Crippen molar-refractivity contribution in [3.8, 4) is 0 Å². The van der Waals surface area contributed by atoms with E-state index in [-0.39, 0.29) is 11.7 Å². The summed E-state index contributed by atoms with van der Waals surface area (Å²) in [4.78, 5) is 20.3. The molecule has 0 fully saturated rings.